The van der Waals surface area contributed by atoms with Gasteiger partial charge >= 0.3 is 0 Å². The topological polar surface area (TPSA) is 55.6 Å². The maximum Gasteiger partial charge on any atom is 0.197 e. The van der Waals surface area contributed by atoms with Gasteiger partial charge in [-0.3, -0.25) is 0 Å². The molecule has 0 saturated heterocycles. The Morgan fingerprint density at radius 3 is 2.21 bits per heavy atom. The summed E-state index contributed by atoms with van der Waals surface area (Å²) in [6, 6.07) is 11.4. The van der Waals surface area contributed by atoms with Crippen LogP contribution < -0.4 is 5.32 Å². The van der Waals surface area contributed by atoms with E-state index in [9.17, 15) is 0 Å². The summed E-state index contributed by atoms with van der Waals surface area (Å²) < 4.78 is 2.82. The molecule has 5 nitrogen and oxygen atoms in total. The van der Waals surface area contributed by atoms with Gasteiger partial charge in [0.25, 0.3) is 0 Å². The van der Waals surface area contributed by atoms with Gasteiger partial charge in [-0.1, -0.05) is 39.1 Å². The number of rotatable bonds is 3. The van der Waals surface area contributed by atoms with Crippen molar-refractivity contribution in [3.05, 3.63) is 67.9 Å². The Balaban J connectivity index is 1.93. The zero-order valence-corrected chi connectivity index (χ0v) is 18.5. The van der Waals surface area contributed by atoms with Crippen molar-refractivity contribution in [2.45, 2.75) is 20.8 Å². The van der Waals surface area contributed by atoms with Gasteiger partial charge in [0.1, 0.15) is 0 Å². The van der Waals surface area contributed by atoms with Gasteiger partial charge in [-0.15, -0.1) is 0 Å². The number of aryl methyl sites for hydroxylation is 3. The van der Waals surface area contributed by atoms with Crippen LogP contribution in [0.1, 0.15) is 17.0 Å². The van der Waals surface area contributed by atoms with Crippen LogP contribution >= 0.6 is 39.1 Å². The van der Waals surface area contributed by atoms with E-state index in [0.29, 0.717) is 32.7 Å². The second-order valence-corrected chi connectivity index (χ2v) is 8.25. The van der Waals surface area contributed by atoms with Crippen LogP contribution in [-0.4, -0.2) is 19.7 Å². The number of hydrogen-bond acceptors (Lipinski definition) is 4. The molecule has 2 aromatic heterocycles. The van der Waals surface area contributed by atoms with Crippen LogP contribution in [0.2, 0.25) is 10.0 Å². The summed E-state index contributed by atoms with van der Waals surface area (Å²) in [5.41, 5.74) is 5.17. The van der Waals surface area contributed by atoms with Gasteiger partial charge in [0, 0.05) is 15.9 Å². The fourth-order valence-electron chi connectivity index (χ4n) is 2.98. The van der Waals surface area contributed by atoms with E-state index in [1.54, 1.807) is 16.8 Å². The van der Waals surface area contributed by atoms with E-state index in [2.05, 4.69) is 26.3 Å². The standard InChI is InChI=1S/C20H16BrCl2N5/c1-10-6-13(4-5-14(10)21)24-19-20(28-12(3)7-11(2)27-28)26-18-9-16(23)15(22)8-17(18)25-19/h4-9H,1-3H3,(H,24,25). The molecule has 0 aliphatic rings. The first kappa shape index (κ1) is 19.2. The zero-order valence-electron chi connectivity index (χ0n) is 15.4. The smallest absolute Gasteiger partial charge is 0.197 e. The summed E-state index contributed by atoms with van der Waals surface area (Å²) in [6.07, 6.45) is 0. The van der Waals surface area contributed by atoms with Crippen LogP contribution in [0.25, 0.3) is 16.9 Å². The number of halogens is 3. The Labute approximate surface area is 180 Å². The quantitative estimate of drug-likeness (QED) is 0.364. The van der Waals surface area contributed by atoms with E-state index in [0.717, 1.165) is 27.1 Å². The Hall–Kier alpha value is -2.15. The lowest BCUT2D eigenvalue weighted by Crippen LogP contribution is -2.09. The fraction of sp³-hybridized carbons (Fsp3) is 0.150. The average Bonchev–Trinajstić information content (AvgIpc) is 2.97. The maximum atomic E-state index is 6.18. The number of aromatic nitrogens is 4. The summed E-state index contributed by atoms with van der Waals surface area (Å²) >= 11 is 15.9. The van der Waals surface area contributed by atoms with Crippen molar-refractivity contribution in [2.24, 2.45) is 0 Å². The van der Waals surface area contributed by atoms with E-state index in [-0.39, 0.29) is 0 Å². The largest absolute Gasteiger partial charge is 0.337 e. The second-order valence-electron chi connectivity index (χ2n) is 6.58. The summed E-state index contributed by atoms with van der Waals surface area (Å²) in [6.45, 7) is 5.96. The molecule has 28 heavy (non-hydrogen) atoms. The average molecular weight is 477 g/mol. The highest BCUT2D eigenvalue weighted by Gasteiger charge is 2.16. The molecule has 142 valence electrons. The molecular formula is C20H16BrCl2N5. The molecule has 4 rings (SSSR count). The number of nitrogens with zero attached hydrogens (tertiary/aromatic N) is 4. The van der Waals surface area contributed by atoms with Gasteiger partial charge in [0.2, 0.25) is 0 Å². The van der Waals surface area contributed by atoms with Gasteiger partial charge in [-0.2, -0.15) is 5.10 Å². The Morgan fingerprint density at radius 1 is 0.929 bits per heavy atom. The number of nitrogens with one attached hydrogen (secondary N) is 1. The molecule has 8 heteroatoms. The summed E-state index contributed by atoms with van der Waals surface area (Å²) in [5.74, 6) is 1.18. The summed E-state index contributed by atoms with van der Waals surface area (Å²) in [4.78, 5) is 9.54. The SMILES string of the molecule is Cc1cc(C)n(-c2nc3cc(Cl)c(Cl)cc3nc2Nc2ccc(Br)c(C)c2)n1. The number of hydrogen-bond donors (Lipinski definition) is 1. The van der Waals surface area contributed by atoms with Crippen molar-refractivity contribution in [3.63, 3.8) is 0 Å². The van der Waals surface area contributed by atoms with E-state index in [4.69, 9.17) is 33.2 Å². The first-order valence-electron chi connectivity index (χ1n) is 8.55. The van der Waals surface area contributed by atoms with Gasteiger partial charge < -0.3 is 5.32 Å². The van der Waals surface area contributed by atoms with E-state index in [1.165, 1.54) is 0 Å². The zero-order chi connectivity index (χ0) is 20.0. The predicted molar refractivity (Wildman–Crippen MR) is 118 cm³/mol. The van der Waals surface area contributed by atoms with Crippen LogP contribution in [0.15, 0.2) is 40.9 Å². The molecule has 0 saturated carbocycles. The lowest BCUT2D eigenvalue weighted by molar-refractivity contribution is 0.808. The summed E-state index contributed by atoms with van der Waals surface area (Å²) in [7, 11) is 0. The van der Waals surface area contributed by atoms with Crippen LogP contribution in [-0.2, 0) is 0 Å². The minimum Gasteiger partial charge on any atom is -0.337 e. The summed E-state index contributed by atoms with van der Waals surface area (Å²) in [5, 5.41) is 8.81. The molecule has 0 aliphatic carbocycles. The highest BCUT2D eigenvalue weighted by molar-refractivity contribution is 9.10. The number of fused-ring (bicyclic) bond motifs is 1. The Bertz CT molecular complexity index is 1220. The van der Waals surface area contributed by atoms with Crippen molar-refractivity contribution in [1.82, 2.24) is 19.7 Å². The number of anilines is 2. The molecule has 1 N–H and O–H groups in total. The maximum absolute atomic E-state index is 6.18. The Kier molecular flexibility index (Phi) is 5.04. The van der Waals surface area contributed by atoms with Gasteiger partial charge in [0.15, 0.2) is 11.6 Å². The minimum atomic E-state index is 0.437. The van der Waals surface area contributed by atoms with E-state index >= 15 is 0 Å². The van der Waals surface area contributed by atoms with E-state index < -0.39 is 0 Å². The van der Waals surface area contributed by atoms with Gasteiger partial charge in [-0.25, -0.2) is 14.6 Å². The monoisotopic (exact) mass is 475 g/mol. The first-order valence-corrected chi connectivity index (χ1v) is 10.1. The molecular weight excluding hydrogens is 461 g/mol. The van der Waals surface area contributed by atoms with Crippen LogP contribution in [0.5, 0.6) is 0 Å². The highest BCUT2D eigenvalue weighted by atomic mass is 79.9. The molecule has 0 fully saturated rings. The normalized spacial score (nSPS) is 11.2. The third-order valence-electron chi connectivity index (χ3n) is 4.32. The molecule has 0 amide bonds. The van der Waals surface area contributed by atoms with Crippen LogP contribution in [0.4, 0.5) is 11.5 Å². The molecule has 0 aliphatic heterocycles. The molecule has 0 bridgehead atoms. The van der Waals surface area contributed by atoms with Gasteiger partial charge in [0.05, 0.1) is 26.8 Å². The van der Waals surface area contributed by atoms with Crippen molar-refractivity contribution in [2.75, 3.05) is 5.32 Å². The van der Waals surface area contributed by atoms with E-state index in [1.807, 2.05) is 45.0 Å². The van der Waals surface area contributed by atoms with Crippen molar-refractivity contribution in [3.8, 4) is 5.82 Å². The second kappa shape index (κ2) is 7.35. The van der Waals surface area contributed by atoms with Crippen molar-refractivity contribution >= 4 is 61.7 Å². The van der Waals surface area contributed by atoms with Gasteiger partial charge in [-0.05, 0) is 62.7 Å². The predicted octanol–water partition coefficient (Wildman–Crippen LogP) is 6.55. The molecule has 0 unspecified atom stereocenters. The highest BCUT2D eigenvalue weighted by Crippen LogP contribution is 2.31. The molecule has 0 radical (unpaired) electrons. The van der Waals surface area contributed by atoms with Crippen LogP contribution in [0.3, 0.4) is 0 Å². The third-order valence-corrected chi connectivity index (χ3v) is 5.93. The van der Waals surface area contributed by atoms with Crippen LogP contribution in [0, 0.1) is 20.8 Å². The first-order chi connectivity index (χ1) is 13.3. The lowest BCUT2D eigenvalue weighted by atomic mass is 10.2. The molecule has 0 spiro atoms. The fourth-order valence-corrected chi connectivity index (χ4v) is 3.54. The number of benzene rings is 2. The van der Waals surface area contributed by atoms with Crippen molar-refractivity contribution in [1.29, 1.82) is 0 Å². The minimum absolute atomic E-state index is 0.437. The lowest BCUT2D eigenvalue weighted by Gasteiger charge is -2.14. The Morgan fingerprint density at radius 2 is 1.61 bits per heavy atom. The van der Waals surface area contributed by atoms with Crippen molar-refractivity contribution < 1.29 is 0 Å². The molecule has 2 aromatic carbocycles. The molecule has 4 aromatic rings. The molecule has 2 heterocycles. The molecule has 0 atom stereocenters. The third kappa shape index (κ3) is 3.60.